The summed E-state index contributed by atoms with van der Waals surface area (Å²) in [5, 5.41) is 7.64. The minimum Gasteiger partial charge on any atom is -0.463 e. The van der Waals surface area contributed by atoms with E-state index in [2.05, 4.69) is 53.8 Å². The van der Waals surface area contributed by atoms with Crippen LogP contribution in [0.4, 0.5) is 0 Å². The number of halogens is 1. The van der Waals surface area contributed by atoms with Crippen molar-refractivity contribution in [2.45, 2.75) is 39.4 Å². The third kappa shape index (κ3) is 4.13. The second-order valence-electron chi connectivity index (χ2n) is 5.33. The Morgan fingerprint density at radius 3 is 2.67 bits per heavy atom. The molecule has 0 atom stereocenters. The van der Waals surface area contributed by atoms with Crippen LogP contribution in [0.25, 0.3) is 0 Å². The Kier molecular flexibility index (Phi) is 4.11. The molecule has 2 rings (SSSR count). The van der Waals surface area contributed by atoms with Gasteiger partial charge in [0.2, 0.25) is 0 Å². The number of hydrogen-bond donors (Lipinski definition) is 1. The van der Waals surface area contributed by atoms with Crippen LogP contribution in [0.2, 0.25) is 0 Å². The van der Waals surface area contributed by atoms with Gasteiger partial charge in [0.05, 0.1) is 22.9 Å². The fourth-order valence-corrected chi connectivity index (χ4v) is 1.99. The number of nitrogens with zero attached hydrogens (tertiary/aromatic N) is 2. The Labute approximate surface area is 121 Å². The number of aromatic nitrogens is 2. The van der Waals surface area contributed by atoms with Crippen molar-refractivity contribution in [1.29, 1.82) is 0 Å². The maximum absolute atomic E-state index is 5.77. The van der Waals surface area contributed by atoms with Crippen LogP contribution in [-0.4, -0.2) is 15.3 Å². The highest BCUT2D eigenvalue weighted by Crippen LogP contribution is 2.11. The van der Waals surface area contributed by atoms with Gasteiger partial charge in [0.15, 0.2) is 0 Å². The Morgan fingerprint density at radius 1 is 1.33 bits per heavy atom. The summed E-state index contributed by atoms with van der Waals surface area (Å²) in [6.07, 6.45) is 3.84. The first-order valence-corrected chi connectivity index (χ1v) is 7.01. The molecule has 2 aromatic heterocycles. The van der Waals surface area contributed by atoms with Crippen molar-refractivity contribution in [2.75, 3.05) is 0 Å². The third-order valence-electron chi connectivity index (χ3n) is 2.43. The van der Waals surface area contributed by atoms with Gasteiger partial charge in [-0.05, 0) is 55.5 Å². The molecule has 2 aromatic rings. The van der Waals surface area contributed by atoms with Crippen molar-refractivity contribution in [3.63, 3.8) is 0 Å². The predicted octanol–water partition coefficient (Wildman–Crippen LogP) is 3.02. The summed E-state index contributed by atoms with van der Waals surface area (Å²) in [4.78, 5) is 0. The van der Waals surface area contributed by atoms with E-state index in [0.29, 0.717) is 6.54 Å². The highest BCUT2D eigenvalue weighted by atomic mass is 127. The Morgan fingerprint density at radius 2 is 2.06 bits per heavy atom. The van der Waals surface area contributed by atoms with E-state index in [1.165, 1.54) is 0 Å². The summed E-state index contributed by atoms with van der Waals surface area (Å²) in [6, 6.07) is 4.02. The molecule has 0 bridgehead atoms. The van der Waals surface area contributed by atoms with Gasteiger partial charge < -0.3 is 9.73 Å². The van der Waals surface area contributed by atoms with E-state index in [0.717, 1.165) is 21.6 Å². The van der Waals surface area contributed by atoms with E-state index in [4.69, 9.17) is 4.42 Å². The number of hydrogen-bond acceptors (Lipinski definition) is 3. The van der Waals surface area contributed by atoms with E-state index in [-0.39, 0.29) is 5.54 Å². The monoisotopic (exact) mass is 359 g/mol. The molecule has 0 unspecified atom stereocenters. The molecule has 0 fully saturated rings. The summed E-state index contributed by atoms with van der Waals surface area (Å²) in [6.45, 7) is 7.85. The average Bonchev–Trinajstić information content (AvgIpc) is 2.85. The van der Waals surface area contributed by atoms with Gasteiger partial charge in [0.25, 0.3) is 0 Å². The molecular weight excluding hydrogens is 341 g/mol. The molecule has 0 aliphatic carbocycles. The van der Waals surface area contributed by atoms with Crippen LogP contribution in [0.3, 0.4) is 0 Å². The molecule has 1 N–H and O–H groups in total. The topological polar surface area (TPSA) is 43.0 Å². The lowest BCUT2D eigenvalue weighted by Gasteiger charge is -2.19. The summed E-state index contributed by atoms with van der Waals surface area (Å²) in [7, 11) is 0. The Hall–Kier alpha value is -0.820. The zero-order valence-electron chi connectivity index (χ0n) is 10.9. The molecule has 0 radical (unpaired) electrons. The molecule has 0 aliphatic rings. The Balaban J connectivity index is 1.94. The first kappa shape index (κ1) is 13.6. The van der Waals surface area contributed by atoms with Gasteiger partial charge in [0.1, 0.15) is 11.5 Å². The molecule has 0 aliphatic heterocycles. The molecule has 0 saturated carbocycles. The standard InChI is InChI=1S/C13H18IN3O/c1-13(2,3)15-7-11-4-5-12(18-11)9-17-8-10(14)6-16-17/h4-6,8,15H,7,9H2,1-3H3. The van der Waals surface area contributed by atoms with Crippen molar-refractivity contribution in [1.82, 2.24) is 15.1 Å². The first-order chi connectivity index (χ1) is 8.42. The number of rotatable bonds is 4. The molecule has 0 spiro atoms. The second-order valence-corrected chi connectivity index (χ2v) is 6.57. The van der Waals surface area contributed by atoms with Crippen LogP contribution in [0, 0.1) is 3.57 Å². The number of furan rings is 1. The van der Waals surface area contributed by atoms with Crippen molar-refractivity contribution >= 4 is 22.6 Å². The molecular formula is C13H18IN3O. The molecule has 5 heteroatoms. The minimum absolute atomic E-state index is 0.102. The van der Waals surface area contributed by atoms with Crippen LogP contribution in [0.5, 0.6) is 0 Å². The highest BCUT2D eigenvalue weighted by molar-refractivity contribution is 14.1. The van der Waals surface area contributed by atoms with Gasteiger partial charge in [-0.25, -0.2) is 0 Å². The summed E-state index contributed by atoms with van der Waals surface area (Å²) in [5.74, 6) is 1.89. The fraction of sp³-hybridized carbons (Fsp3) is 0.462. The summed E-state index contributed by atoms with van der Waals surface area (Å²) >= 11 is 2.25. The summed E-state index contributed by atoms with van der Waals surface area (Å²) in [5.41, 5.74) is 0.102. The summed E-state index contributed by atoms with van der Waals surface area (Å²) < 4.78 is 8.78. The van der Waals surface area contributed by atoms with Crippen molar-refractivity contribution < 1.29 is 4.42 Å². The van der Waals surface area contributed by atoms with Crippen LogP contribution >= 0.6 is 22.6 Å². The van der Waals surface area contributed by atoms with E-state index in [1.54, 1.807) is 0 Å². The van der Waals surface area contributed by atoms with Gasteiger partial charge >= 0.3 is 0 Å². The van der Waals surface area contributed by atoms with Crippen LogP contribution in [0.1, 0.15) is 32.3 Å². The van der Waals surface area contributed by atoms with Gasteiger partial charge in [-0.15, -0.1) is 0 Å². The van der Waals surface area contributed by atoms with Gasteiger partial charge in [-0.2, -0.15) is 5.10 Å². The highest BCUT2D eigenvalue weighted by Gasteiger charge is 2.10. The minimum atomic E-state index is 0.102. The van der Waals surface area contributed by atoms with Crippen LogP contribution < -0.4 is 5.32 Å². The van der Waals surface area contributed by atoms with E-state index in [9.17, 15) is 0 Å². The maximum Gasteiger partial charge on any atom is 0.125 e. The maximum atomic E-state index is 5.77. The predicted molar refractivity (Wildman–Crippen MR) is 79.3 cm³/mol. The smallest absolute Gasteiger partial charge is 0.125 e. The normalized spacial score (nSPS) is 12.0. The first-order valence-electron chi connectivity index (χ1n) is 5.93. The molecule has 0 saturated heterocycles. The van der Waals surface area contributed by atoms with E-state index in [1.807, 2.05) is 29.2 Å². The van der Waals surface area contributed by atoms with Crippen molar-refractivity contribution in [2.24, 2.45) is 0 Å². The van der Waals surface area contributed by atoms with Crippen LogP contribution in [0.15, 0.2) is 28.9 Å². The zero-order chi connectivity index (χ0) is 13.2. The molecule has 4 nitrogen and oxygen atoms in total. The quantitative estimate of drug-likeness (QED) is 0.854. The third-order valence-corrected chi connectivity index (χ3v) is 2.99. The molecule has 0 amide bonds. The Bertz CT molecular complexity index is 510. The lowest BCUT2D eigenvalue weighted by atomic mass is 10.1. The van der Waals surface area contributed by atoms with Crippen molar-refractivity contribution in [3.05, 3.63) is 39.6 Å². The van der Waals surface area contributed by atoms with E-state index >= 15 is 0 Å². The average molecular weight is 359 g/mol. The molecule has 98 valence electrons. The SMILES string of the molecule is CC(C)(C)NCc1ccc(Cn2cc(I)cn2)o1. The lowest BCUT2D eigenvalue weighted by molar-refractivity contribution is 0.374. The second kappa shape index (κ2) is 5.44. The molecule has 0 aromatic carbocycles. The lowest BCUT2D eigenvalue weighted by Crippen LogP contribution is -2.34. The molecule has 2 heterocycles. The van der Waals surface area contributed by atoms with Gasteiger partial charge in [0, 0.05) is 11.7 Å². The van der Waals surface area contributed by atoms with Gasteiger partial charge in [-0.3, -0.25) is 4.68 Å². The fourth-order valence-electron chi connectivity index (χ4n) is 1.54. The van der Waals surface area contributed by atoms with Gasteiger partial charge in [-0.1, -0.05) is 0 Å². The van der Waals surface area contributed by atoms with Crippen molar-refractivity contribution in [3.8, 4) is 0 Å². The van der Waals surface area contributed by atoms with E-state index < -0.39 is 0 Å². The van der Waals surface area contributed by atoms with Crippen LogP contribution in [-0.2, 0) is 13.1 Å². The number of nitrogens with one attached hydrogen (secondary N) is 1. The largest absolute Gasteiger partial charge is 0.463 e. The zero-order valence-corrected chi connectivity index (χ0v) is 13.1. The molecule has 18 heavy (non-hydrogen) atoms.